The van der Waals surface area contributed by atoms with Crippen LogP contribution < -0.4 is 5.32 Å². The van der Waals surface area contributed by atoms with Crippen molar-refractivity contribution in [3.8, 4) is 0 Å². The lowest BCUT2D eigenvalue weighted by Crippen LogP contribution is -2.35. The minimum absolute atomic E-state index is 0.229. The Balaban J connectivity index is 2.17. The van der Waals surface area contributed by atoms with Gasteiger partial charge >= 0.3 is 6.18 Å². The van der Waals surface area contributed by atoms with E-state index >= 15 is 0 Å². The van der Waals surface area contributed by atoms with E-state index in [1.165, 1.54) is 12.1 Å². The Labute approximate surface area is 97.0 Å². The molecule has 1 aliphatic rings. The van der Waals surface area contributed by atoms with Gasteiger partial charge in [-0.2, -0.15) is 13.2 Å². The van der Waals surface area contributed by atoms with Gasteiger partial charge in [0, 0.05) is 6.61 Å². The summed E-state index contributed by atoms with van der Waals surface area (Å²) in [6, 6.07) is 3.83. The fraction of sp³-hybridized carbons (Fsp3) is 0.545. The molecular formula is C11H13F3N2O. The Morgan fingerprint density at radius 3 is 2.76 bits per heavy atom. The molecule has 1 atom stereocenters. The van der Waals surface area contributed by atoms with Gasteiger partial charge < -0.3 is 10.1 Å². The summed E-state index contributed by atoms with van der Waals surface area (Å²) in [4.78, 5) is 3.56. The Bertz CT molecular complexity index is 400. The fourth-order valence-corrected chi connectivity index (χ4v) is 1.74. The van der Waals surface area contributed by atoms with Crippen molar-refractivity contribution in [3.63, 3.8) is 0 Å². The summed E-state index contributed by atoms with van der Waals surface area (Å²) in [5, 5.41) is 2.99. The summed E-state index contributed by atoms with van der Waals surface area (Å²) in [7, 11) is 0. The normalized spacial score (nSPS) is 24.9. The van der Waals surface area contributed by atoms with Crippen molar-refractivity contribution in [3.05, 3.63) is 23.9 Å². The summed E-state index contributed by atoms with van der Waals surface area (Å²) >= 11 is 0. The second-order valence-electron chi connectivity index (χ2n) is 4.39. The van der Waals surface area contributed by atoms with Gasteiger partial charge in [-0.25, -0.2) is 4.98 Å². The molecule has 0 aliphatic carbocycles. The second-order valence-corrected chi connectivity index (χ2v) is 4.39. The van der Waals surface area contributed by atoms with Crippen molar-refractivity contribution in [1.29, 1.82) is 0 Å². The minimum atomic E-state index is -4.41. The third-order valence-corrected chi connectivity index (χ3v) is 2.69. The number of hydrogen-bond acceptors (Lipinski definition) is 3. The first-order chi connectivity index (χ1) is 7.89. The molecule has 1 fully saturated rings. The van der Waals surface area contributed by atoms with Crippen molar-refractivity contribution in [2.75, 3.05) is 18.5 Å². The Morgan fingerprint density at radius 2 is 2.18 bits per heavy atom. The maximum atomic E-state index is 12.5. The summed E-state index contributed by atoms with van der Waals surface area (Å²) in [6.07, 6.45) is -3.66. The number of hydrogen-bond donors (Lipinski definition) is 1. The smallest absolute Gasteiger partial charge is 0.379 e. The number of ether oxygens (including phenoxy) is 1. The molecule has 0 radical (unpaired) electrons. The highest BCUT2D eigenvalue weighted by atomic mass is 19.4. The average molecular weight is 246 g/mol. The molecule has 1 aromatic heterocycles. The van der Waals surface area contributed by atoms with E-state index in [1.54, 1.807) is 0 Å². The Morgan fingerprint density at radius 1 is 1.41 bits per heavy atom. The molecule has 1 saturated heterocycles. The zero-order chi connectivity index (χ0) is 12.5. The largest absolute Gasteiger partial charge is 0.433 e. The van der Waals surface area contributed by atoms with Gasteiger partial charge in [0.05, 0.1) is 12.1 Å². The average Bonchev–Trinajstić information content (AvgIpc) is 2.64. The van der Waals surface area contributed by atoms with Gasteiger partial charge in [0.2, 0.25) is 0 Å². The second kappa shape index (κ2) is 4.18. The first kappa shape index (κ1) is 12.2. The van der Waals surface area contributed by atoms with E-state index in [-0.39, 0.29) is 11.4 Å². The van der Waals surface area contributed by atoms with Crippen LogP contribution in [-0.2, 0) is 10.9 Å². The highest BCUT2D eigenvalue weighted by Crippen LogP contribution is 2.29. The van der Waals surface area contributed by atoms with E-state index in [0.29, 0.717) is 13.2 Å². The molecule has 1 aromatic rings. The maximum Gasteiger partial charge on any atom is 0.433 e. The Hall–Kier alpha value is -1.30. The molecule has 1 aliphatic heterocycles. The molecule has 0 aromatic carbocycles. The standard InChI is InChI=1S/C11H13F3N2O/c1-10(5-6-17-7-10)16-9-4-2-3-8(15-9)11(12,13)14/h2-4H,5-7H2,1H3,(H,15,16). The van der Waals surface area contributed by atoms with E-state index in [0.717, 1.165) is 12.5 Å². The lowest BCUT2D eigenvalue weighted by molar-refractivity contribution is -0.141. The van der Waals surface area contributed by atoms with Gasteiger partial charge in [0.1, 0.15) is 11.5 Å². The minimum Gasteiger partial charge on any atom is -0.379 e. The zero-order valence-corrected chi connectivity index (χ0v) is 9.34. The number of halogens is 3. The van der Waals surface area contributed by atoms with Gasteiger partial charge in [-0.3, -0.25) is 0 Å². The van der Waals surface area contributed by atoms with Crippen LogP contribution in [0.3, 0.4) is 0 Å². The molecule has 0 spiro atoms. The van der Waals surface area contributed by atoms with Crippen LogP contribution in [0.1, 0.15) is 19.0 Å². The number of nitrogens with one attached hydrogen (secondary N) is 1. The van der Waals surface area contributed by atoms with Gasteiger partial charge in [-0.1, -0.05) is 6.07 Å². The number of rotatable bonds is 2. The summed E-state index contributed by atoms with van der Waals surface area (Å²) in [6.45, 7) is 3.00. The van der Waals surface area contributed by atoms with E-state index < -0.39 is 11.9 Å². The lowest BCUT2D eigenvalue weighted by atomic mass is 10.0. The maximum absolute atomic E-state index is 12.5. The summed E-state index contributed by atoms with van der Waals surface area (Å²) < 4.78 is 42.6. The van der Waals surface area contributed by atoms with Crippen LogP contribution in [0.4, 0.5) is 19.0 Å². The van der Waals surface area contributed by atoms with Gasteiger partial charge in [-0.15, -0.1) is 0 Å². The number of aromatic nitrogens is 1. The van der Waals surface area contributed by atoms with E-state index in [4.69, 9.17) is 4.74 Å². The predicted molar refractivity (Wildman–Crippen MR) is 56.7 cm³/mol. The third-order valence-electron chi connectivity index (χ3n) is 2.69. The number of anilines is 1. The molecule has 1 unspecified atom stereocenters. The summed E-state index contributed by atoms with van der Waals surface area (Å²) in [5.74, 6) is 0.229. The molecule has 0 bridgehead atoms. The lowest BCUT2D eigenvalue weighted by Gasteiger charge is -2.24. The van der Waals surface area contributed by atoms with Crippen LogP contribution in [0.5, 0.6) is 0 Å². The zero-order valence-electron chi connectivity index (χ0n) is 9.34. The topological polar surface area (TPSA) is 34.2 Å². The molecule has 3 nitrogen and oxygen atoms in total. The molecule has 1 N–H and O–H groups in total. The number of pyridine rings is 1. The van der Waals surface area contributed by atoms with Crippen LogP contribution in [0.25, 0.3) is 0 Å². The highest BCUT2D eigenvalue weighted by molar-refractivity contribution is 5.39. The van der Waals surface area contributed by atoms with Crippen LogP contribution in [0, 0.1) is 0 Å². The van der Waals surface area contributed by atoms with E-state index in [2.05, 4.69) is 10.3 Å². The number of nitrogens with zero attached hydrogens (tertiary/aromatic N) is 1. The van der Waals surface area contributed by atoms with Crippen molar-refractivity contribution in [1.82, 2.24) is 4.98 Å². The molecule has 2 rings (SSSR count). The monoisotopic (exact) mass is 246 g/mol. The SMILES string of the molecule is CC1(Nc2cccc(C(F)(F)F)n2)CCOC1. The van der Waals surface area contributed by atoms with E-state index in [1.807, 2.05) is 6.92 Å². The molecular weight excluding hydrogens is 233 g/mol. The van der Waals surface area contributed by atoms with Crippen LogP contribution in [0.15, 0.2) is 18.2 Å². The Kier molecular flexibility index (Phi) is 2.99. The highest BCUT2D eigenvalue weighted by Gasteiger charge is 2.34. The molecule has 2 heterocycles. The van der Waals surface area contributed by atoms with Crippen LogP contribution in [0.2, 0.25) is 0 Å². The first-order valence-electron chi connectivity index (χ1n) is 5.29. The molecule has 17 heavy (non-hydrogen) atoms. The number of alkyl halides is 3. The van der Waals surface area contributed by atoms with Crippen LogP contribution in [-0.4, -0.2) is 23.7 Å². The molecule has 94 valence electrons. The molecule has 6 heteroatoms. The van der Waals surface area contributed by atoms with Gasteiger partial charge in [0.25, 0.3) is 0 Å². The molecule has 0 saturated carbocycles. The van der Waals surface area contributed by atoms with Gasteiger partial charge in [0.15, 0.2) is 0 Å². The third kappa shape index (κ3) is 2.88. The predicted octanol–water partition coefficient (Wildman–Crippen LogP) is 2.69. The van der Waals surface area contributed by atoms with Crippen LogP contribution >= 0.6 is 0 Å². The van der Waals surface area contributed by atoms with Crippen molar-refractivity contribution in [2.45, 2.75) is 25.1 Å². The van der Waals surface area contributed by atoms with Crippen molar-refractivity contribution < 1.29 is 17.9 Å². The summed E-state index contributed by atoms with van der Waals surface area (Å²) in [5.41, 5.74) is -1.22. The molecule has 0 amide bonds. The quantitative estimate of drug-likeness (QED) is 0.871. The fourth-order valence-electron chi connectivity index (χ4n) is 1.74. The van der Waals surface area contributed by atoms with E-state index in [9.17, 15) is 13.2 Å². The van der Waals surface area contributed by atoms with Gasteiger partial charge in [-0.05, 0) is 25.5 Å². The van der Waals surface area contributed by atoms with Crippen molar-refractivity contribution >= 4 is 5.82 Å². The van der Waals surface area contributed by atoms with Crippen molar-refractivity contribution in [2.24, 2.45) is 0 Å². The first-order valence-corrected chi connectivity index (χ1v) is 5.29.